The second-order valence-electron chi connectivity index (χ2n) is 3.13. The molecule has 5 atom stereocenters. The predicted molar refractivity (Wildman–Crippen MR) is 44.2 cm³/mol. The van der Waals surface area contributed by atoms with E-state index in [1.807, 2.05) is 0 Å². The van der Waals surface area contributed by atoms with Crippen molar-refractivity contribution >= 4 is 0 Å². The highest BCUT2D eigenvalue weighted by atomic mass is 16.7. The Morgan fingerprint density at radius 2 is 1.69 bits per heavy atom. The molecule has 5 nitrogen and oxygen atoms in total. The van der Waals surface area contributed by atoms with Gasteiger partial charge in [0.2, 0.25) is 0 Å². The molecule has 1 heterocycles. The predicted octanol–water partition coefficient (Wildman–Crippen LogP) is -0.886. The number of ether oxygens (including phenoxy) is 3. The van der Waals surface area contributed by atoms with E-state index in [-0.39, 0.29) is 0 Å². The standard InChI is InChI=1S/C8H16O5/c1-4-5(9)6(10)7(11-2)8(12-3)13-4/h4-10H,1-3H3/t4-,5+,6+,7-,8-/m0/s1. The zero-order chi connectivity index (χ0) is 10.0. The molecule has 0 amide bonds. The van der Waals surface area contributed by atoms with Crippen LogP contribution in [0.3, 0.4) is 0 Å². The van der Waals surface area contributed by atoms with Crippen molar-refractivity contribution < 1.29 is 24.4 Å². The Morgan fingerprint density at radius 3 is 2.15 bits per heavy atom. The Hall–Kier alpha value is -0.200. The van der Waals surface area contributed by atoms with E-state index in [1.165, 1.54) is 14.2 Å². The maximum atomic E-state index is 9.57. The molecule has 0 unspecified atom stereocenters. The van der Waals surface area contributed by atoms with Crippen LogP contribution < -0.4 is 0 Å². The fraction of sp³-hybridized carbons (Fsp3) is 1.00. The molecule has 0 aromatic rings. The molecule has 0 bridgehead atoms. The number of hydrogen-bond donors (Lipinski definition) is 2. The van der Waals surface area contributed by atoms with Crippen molar-refractivity contribution in [2.45, 2.75) is 37.6 Å². The summed E-state index contributed by atoms with van der Waals surface area (Å²) in [6, 6.07) is 0. The minimum Gasteiger partial charge on any atom is -0.388 e. The van der Waals surface area contributed by atoms with Gasteiger partial charge >= 0.3 is 0 Å². The summed E-state index contributed by atoms with van der Waals surface area (Å²) in [7, 11) is 2.90. The van der Waals surface area contributed by atoms with Gasteiger partial charge in [0.15, 0.2) is 6.29 Å². The molecular weight excluding hydrogens is 176 g/mol. The first kappa shape index (κ1) is 10.9. The number of aliphatic hydroxyl groups excluding tert-OH is 2. The summed E-state index contributed by atoms with van der Waals surface area (Å²) in [4.78, 5) is 0. The average Bonchev–Trinajstić information content (AvgIpc) is 2.13. The van der Waals surface area contributed by atoms with Crippen LogP contribution in [-0.4, -0.2) is 55.1 Å². The van der Waals surface area contributed by atoms with Gasteiger partial charge < -0.3 is 24.4 Å². The van der Waals surface area contributed by atoms with E-state index in [2.05, 4.69) is 0 Å². The molecular formula is C8H16O5. The summed E-state index contributed by atoms with van der Waals surface area (Å²) in [5.74, 6) is 0. The molecule has 0 radical (unpaired) electrons. The minimum absolute atomic E-state index is 0.452. The maximum absolute atomic E-state index is 9.57. The van der Waals surface area contributed by atoms with Crippen LogP contribution in [0.25, 0.3) is 0 Å². The van der Waals surface area contributed by atoms with E-state index in [0.717, 1.165) is 0 Å². The van der Waals surface area contributed by atoms with E-state index in [0.29, 0.717) is 0 Å². The van der Waals surface area contributed by atoms with E-state index in [9.17, 15) is 10.2 Å². The molecule has 0 spiro atoms. The van der Waals surface area contributed by atoms with Crippen molar-refractivity contribution in [2.75, 3.05) is 14.2 Å². The molecule has 1 fully saturated rings. The lowest BCUT2D eigenvalue weighted by atomic mass is 10.00. The zero-order valence-electron chi connectivity index (χ0n) is 8.01. The van der Waals surface area contributed by atoms with Crippen LogP contribution in [0.2, 0.25) is 0 Å². The van der Waals surface area contributed by atoms with E-state index < -0.39 is 30.7 Å². The van der Waals surface area contributed by atoms with Crippen molar-refractivity contribution in [3.05, 3.63) is 0 Å². The van der Waals surface area contributed by atoms with Gasteiger partial charge in [-0.3, -0.25) is 0 Å². The third-order valence-corrected chi connectivity index (χ3v) is 2.29. The van der Waals surface area contributed by atoms with Gasteiger partial charge in [-0.05, 0) is 6.92 Å². The number of rotatable bonds is 2. The Bertz CT molecular complexity index is 161. The lowest BCUT2D eigenvalue weighted by Crippen LogP contribution is -2.57. The Morgan fingerprint density at radius 1 is 1.08 bits per heavy atom. The number of aliphatic hydroxyl groups is 2. The molecule has 1 aliphatic rings. The molecule has 13 heavy (non-hydrogen) atoms. The molecule has 5 heteroatoms. The van der Waals surface area contributed by atoms with Crippen molar-refractivity contribution in [3.63, 3.8) is 0 Å². The second kappa shape index (κ2) is 4.34. The van der Waals surface area contributed by atoms with Gasteiger partial charge in [0.25, 0.3) is 0 Å². The van der Waals surface area contributed by atoms with Crippen LogP contribution in [0, 0.1) is 0 Å². The molecule has 0 aliphatic carbocycles. The first-order valence-electron chi connectivity index (χ1n) is 4.19. The maximum Gasteiger partial charge on any atom is 0.186 e. The summed E-state index contributed by atoms with van der Waals surface area (Å²) in [6.07, 6.45) is -3.63. The highest BCUT2D eigenvalue weighted by Gasteiger charge is 2.43. The third kappa shape index (κ3) is 2.00. The second-order valence-corrected chi connectivity index (χ2v) is 3.13. The lowest BCUT2D eigenvalue weighted by molar-refractivity contribution is -0.291. The zero-order valence-corrected chi connectivity index (χ0v) is 8.01. The topological polar surface area (TPSA) is 68.2 Å². The fourth-order valence-corrected chi connectivity index (χ4v) is 1.44. The molecule has 1 aliphatic heterocycles. The van der Waals surface area contributed by atoms with Gasteiger partial charge in [-0.2, -0.15) is 0 Å². The number of methoxy groups -OCH3 is 2. The van der Waals surface area contributed by atoms with Gasteiger partial charge in [-0.15, -0.1) is 0 Å². The highest BCUT2D eigenvalue weighted by Crippen LogP contribution is 2.22. The smallest absolute Gasteiger partial charge is 0.186 e. The van der Waals surface area contributed by atoms with Gasteiger partial charge in [0.1, 0.15) is 18.3 Å². The van der Waals surface area contributed by atoms with Gasteiger partial charge in [0.05, 0.1) is 6.10 Å². The van der Waals surface area contributed by atoms with Gasteiger partial charge in [-0.25, -0.2) is 0 Å². The Kier molecular flexibility index (Phi) is 3.63. The van der Waals surface area contributed by atoms with Crippen molar-refractivity contribution in [3.8, 4) is 0 Å². The fourth-order valence-electron chi connectivity index (χ4n) is 1.44. The quantitative estimate of drug-likeness (QED) is 0.594. The lowest BCUT2D eigenvalue weighted by Gasteiger charge is -2.39. The number of hydrogen-bond acceptors (Lipinski definition) is 5. The Labute approximate surface area is 77.2 Å². The van der Waals surface area contributed by atoms with Crippen LogP contribution >= 0.6 is 0 Å². The van der Waals surface area contributed by atoms with Gasteiger partial charge in [-0.1, -0.05) is 0 Å². The average molecular weight is 192 g/mol. The largest absolute Gasteiger partial charge is 0.388 e. The molecule has 0 saturated carbocycles. The van der Waals surface area contributed by atoms with Crippen molar-refractivity contribution in [2.24, 2.45) is 0 Å². The van der Waals surface area contributed by atoms with Crippen LogP contribution in [0.15, 0.2) is 0 Å². The van der Waals surface area contributed by atoms with E-state index in [4.69, 9.17) is 14.2 Å². The van der Waals surface area contributed by atoms with Crippen molar-refractivity contribution in [1.82, 2.24) is 0 Å². The molecule has 0 aromatic carbocycles. The summed E-state index contributed by atoms with van der Waals surface area (Å²) in [5.41, 5.74) is 0. The summed E-state index contributed by atoms with van der Waals surface area (Å²) in [5, 5.41) is 19.0. The molecule has 1 rings (SSSR count). The van der Waals surface area contributed by atoms with Crippen molar-refractivity contribution in [1.29, 1.82) is 0 Å². The van der Waals surface area contributed by atoms with Crippen LogP contribution in [0.4, 0.5) is 0 Å². The van der Waals surface area contributed by atoms with Gasteiger partial charge in [0, 0.05) is 14.2 Å². The highest BCUT2D eigenvalue weighted by molar-refractivity contribution is 4.87. The first-order valence-corrected chi connectivity index (χ1v) is 4.19. The molecule has 1 saturated heterocycles. The van der Waals surface area contributed by atoms with Crippen LogP contribution in [0.1, 0.15) is 6.92 Å². The van der Waals surface area contributed by atoms with Crippen LogP contribution in [0.5, 0.6) is 0 Å². The summed E-state index contributed by atoms with van der Waals surface area (Å²) in [6.45, 7) is 1.67. The monoisotopic (exact) mass is 192 g/mol. The molecule has 78 valence electrons. The van der Waals surface area contributed by atoms with E-state index >= 15 is 0 Å². The Balaban J connectivity index is 2.69. The summed E-state index contributed by atoms with van der Waals surface area (Å²) < 4.78 is 15.2. The normalized spacial score (nSPS) is 46.4. The SMILES string of the molecule is CO[C@H]1O[C@@H](C)[C@@H](O)[C@@H](O)[C@@H]1OC. The molecule has 0 aromatic heterocycles. The first-order chi connectivity index (χ1) is 6.11. The van der Waals surface area contributed by atoms with Crippen LogP contribution in [-0.2, 0) is 14.2 Å². The summed E-state index contributed by atoms with van der Waals surface area (Å²) >= 11 is 0. The molecule has 2 N–H and O–H groups in total. The van der Waals surface area contributed by atoms with E-state index in [1.54, 1.807) is 6.92 Å². The minimum atomic E-state index is -0.973. The third-order valence-electron chi connectivity index (χ3n) is 2.29.